The van der Waals surface area contributed by atoms with Crippen molar-refractivity contribution in [2.45, 2.75) is 57.9 Å². The highest BCUT2D eigenvalue weighted by Gasteiger charge is 2.45. The van der Waals surface area contributed by atoms with Crippen molar-refractivity contribution in [3.05, 3.63) is 0 Å². The van der Waals surface area contributed by atoms with Gasteiger partial charge in [0.05, 0.1) is 0 Å². The predicted octanol–water partition coefficient (Wildman–Crippen LogP) is 2.22. The molecule has 2 fully saturated rings. The quantitative estimate of drug-likeness (QED) is 0.821. The van der Waals surface area contributed by atoms with Crippen LogP contribution in [-0.4, -0.2) is 40.6 Å². The average molecular weight is 268 g/mol. The molecular weight excluding hydrogens is 244 g/mol. The lowest BCUT2D eigenvalue weighted by Gasteiger charge is -2.41. The van der Waals surface area contributed by atoms with E-state index in [0.29, 0.717) is 19.5 Å². The molecule has 2 aliphatic rings. The summed E-state index contributed by atoms with van der Waals surface area (Å²) in [7, 11) is 0. The molecule has 1 heterocycles. The maximum Gasteiger partial charge on any atom is 0.329 e. The van der Waals surface area contributed by atoms with Crippen molar-refractivity contribution in [3.8, 4) is 0 Å². The summed E-state index contributed by atoms with van der Waals surface area (Å²) in [6, 6.07) is -0.218. The first-order valence-corrected chi connectivity index (χ1v) is 7.22. The summed E-state index contributed by atoms with van der Waals surface area (Å²) in [5, 5.41) is 12.3. The minimum absolute atomic E-state index is 0.218. The number of urea groups is 1. The van der Waals surface area contributed by atoms with Gasteiger partial charge in [0.15, 0.2) is 0 Å². The monoisotopic (exact) mass is 268 g/mol. The third-order valence-electron chi connectivity index (χ3n) is 4.92. The first-order chi connectivity index (χ1) is 8.93. The maximum absolute atomic E-state index is 12.3. The molecule has 0 radical (unpaired) electrons. The van der Waals surface area contributed by atoms with Gasteiger partial charge in [-0.05, 0) is 50.9 Å². The Balaban J connectivity index is 1.98. The highest BCUT2D eigenvalue weighted by molar-refractivity contribution is 5.86. The molecule has 1 saturated heterocycles. The average Bonchev–Trinajstić information content (AvgIpc) is 3.17. The lowest BCUT2D eigenvalue weighted by atomic mass is 9.89. The van der Waals surface area contributed by atoms with E-state index >= 15 is 0 Å². The molecule has 2 amide bonds. The normalized spacial score (nSPS) is 28.8. The summed E-state index contributed by atoms with van der Waals surface area (Å²) in [5.74, 6) is -0.904. The number of aliphatic carboxylic acids is 1. The van der Waals surface area contributed by atoms with Crippen molar-refractivity contribution in [2.75, 3.05) is 13.1 Å². The zero-order valence-corrected chi connectivity index (χ0v) is 11.9. The van der Waals surface area contributed by atoms with E-state index in [4.69, 9.17) is 0 Å². The third-order valence-corrected chi connectivity index (χ3v) is 4.92. The summed E-state index contributed by atoms with van der Waals surface area (Å²) in [5.41, 5.74) is -0.768. The fourth-order valence-corrected chi connectivity index (χ4v) is 2.86. The van der Waals surface area contributed by atoms with Crippen LogP contribution < -0.4 is 5.32 Å². The molecule has 1 aliphatic heterocycles. The van der Waals surface area contributed by atoms with Gasteiger partial charge in [0.25, 0.3) is 0 Å². The second-order valence-electron chi connectivity index (χ2n) is 6.20. The predicted molar refractivity (Wildman–Crippen MR) is 72.0 cm³/mol. The van der Waals surface area contributed by atoms with Gasteiger partial charge in [0, 0.05) is 13.1 Å². The van der Waals surface area contributed by atoms with Crippen LogP contribution in [0.3, 0.4) is 0 Å². The van der Waals surface area contributed by atoms with Crippen molar-refractivity contribution >= 4 is 12.0 Å². The van der Waals surface area contributed by atoms with Gasteiger partial charge >= 0.3 is 12.0 Å². The van der Waals surface area contributed by atoms with Crippen LogP contribution in [-0.2, 0) is 4.79 Å². The van der Waals surface area contributed by atoms with E-state index in [2.05, 4.69) is 12.2 Å². The molecule has 1 unspecified atom stereocenters. The number of likely N-dealkylation sites (tertiary alicyclic amines) is 1. The standard InChI is InChI=1S/C14H24N2O3/c1-3-14(7-8-14)10-15-12(19)16-9-5-4-6-13(16,2)11(17)18/h3-10H2,1-2H3,(H,15,19)(H,17,18). The number of nitrogens with zero attached hydrogens (tertiary/aromatic N) is 1. The number of amides is 2. The molecule has 1 aliphatic carbocycles. The number of hydrogen-bond acceptors (Lipinski definition) is 2. The highest BCUT2D eigenvalue weighted by atomic mass is 16.4. The number of piperidine rings is 1. The van der Waals surface area contributed by atoms with Crippen molar-refractivity contribution in [3.63, 3.8) is 0 Å². The van der Waals surface area contributed by atoms with Crippen LogP contribution in [0.25, 0.3) is 0 Å². The fraction of sp³-hybridized carbons (Fsp3) is 0.857. The van der Waals surface area contributed by atoms with Crippen LogP contribution in [0, 0.1) is 5.41 Å². The van der Waals surface area contributed by atoms with Gasteiger partial charge in [-0.3, -0.25) is 0 Å². The fourth-order valence-electron chi connectivity index (χ4n) is 2.86. The Labute approximate surface area is 114 Å². The lowest BCUT2D eigenvalue weighted by Crippen LogP contribution is -2.60. The summed E-state index contributed by atoms with van der Waals surface area (Å²) in [4.78, 5) is 25.2. The molecule has 1 saturated carbocycles. The van der Waals surface area contributed by atoms with E-state index in [1.807, 2.05) is 0 Å². The molecule has 5 nitrogen and oxygen atoms in total. The number of carbonyl (C=O) groups is 2. The lowest BCUT2D eigenvalue weighted by molar-refractivity contribution is -0.150. The Morgan fingerprint density at radius 2 is 1.95 bits per heavy atom. The van der Waals surface area contributed by atoms with Crippen molar-refractivity contribution in [1.29, 1.82) is 0 Å². The summed E-state index contributed by atoms with van der Waals surface area (Å²) in [6.45, 7) is 5.00. The van der Waals surface area contributed by atoms with E-state index in [-0.39, 0.29) is 11.4 Å². The van der Waals surface area contributed by atoms with E-state index in [9.17, 15) is 14.7 Å². The van der Waals surface area contributed by atoms with Gasteiger partial charge in [0.2, 0.25) is 0 Å². The van der Waals surface area contributed by atoms with E-state index in [0.717, 1.165) is 19.3 Å². The number of carbonyl (C=O) groups excluding carboxylic acids is 1. The topological polar surface area (TPSA) is 69.6 Å². The molecule has 0 aromatic carbocycles. The second-order valence-corrected chi connectivity index (χ2v) is 6.20. The number of rotatable bonds is 4. The summed E-state index contributed by atoms with van der Waals surface area (Å²) < 4.78 is 0. The van der Waals surface area contributed by atoms with Crippen molar-refractivity contribution in [2.24, 2.45) is 5.41 Å². The zero-order chi connectivity index (χ0) is 14.1. The largest absolute Gasteiger partial charge is 0.480 e. The smallest absolute Gasteiger partial charge is 0.329 e. The number of carboxylic acid groups (broad SMARTS) is 1. The molecule has 2 N–H and O–H groups in total. The zero-order valence-electron chi connectivity index (χ0n) is 11.9. The SMILES string of the molecule is CCC1(CNC(=O)N2CCCCC2(C)C(=O)O)CC1. The number of nitrogens with one attached hydrogen (secondary N) is 1. The second kappa shape index (κ2) is 5.02. The third kappa shape index (κ3) is 2.69. The molecule has 19 heavy (non-hydrogen) atoms. The number of carboxylic acids is 1. The van der Waals surface area contributed by atoms with Crippen LogP contribution in [0.5, 0.6) is 0 Å². The first kappa shape index (κ1) is 14.2. The number of hydrogen-bond donors (Lipinski definition) is 2. The van der Waals surface area contributed by atoms with Gasteiger partial charge in [-0.25, -0.2) is 9.59 Å². The van der Waals surface area contributed by atoms with Crippen molar-refractivity contribution in [1.82, 2.24) is 10.2 Å². The first-order valence-electron chi connectivity index (χ1n) is 7.22. The maximum atomic E-state index is 12.3. The van der Waals surface area contributed by atoms with Crippen LogP contribution in [0.15, 0.2) is 0 Å². The minimum atomic E-state index is -1.05. The van der Waals surface area contributed by atoms with Gasteiger partial charge in [-0.1, -0.05) is 6.92 Å². The highest BCUT2D eigenvalue weighted by Crippen LogP contribution is 2.47. The summed E-state index contributed by atoms with van der Waals surface area (Å²) >= 11 is 0. The van der Waals surface area contributed by atoms with Gasteiger partial charge < -0.3 is 15.3 Å². The van der Waals surface area contributed by atoms with E-state index in [1.165, 1.54) is 17.7 Å². The van der Waals surface area contributed by atoms with Gasteiger partial charge in [0.1, 0.15) is 5.54 Å². The van der Waals surface area contributed by atoms with E-state index < -0.39 is 11.5 Å². The van der Waals surface area contributed by atoms with Crippen LogP contribution >= 0.6 is 0 Å². The van der Waals surface area contributed by atoms with Crippen molar-refractivity contribution < 1.29 is 14.7 Å². The van der Waals surface area contributed by atoms with Crippen LogP contribution in [0.4, 0.5) is 4.79 Å². The molecule has 0 aromatic rings. The minimum Gasteiger partial charge on any atom is -0.480 e. The van der Waals surface area contributed by atoms with Crippen LogP contribution in [0.1, 0.15) is 52.4 Å². The summed E-state index contributed by atoms with van der Waals surface area (Å²) in [6.07, 6.45) is 5.69. The molecule has 2 rings (SSSR count). The molecule has 0 bridgehead atoms. The Morgan fingerprint density at radius 3 is 2.47 bits per heavy atom. The molecule has 0 spiro atoms. The molecule has 5 heteroatoms. The Morgan fingerprint density at radius 1 is 1.26 bits per heavy atom. The molecular formula is C14H24N2O3. The Bertz CT molecular complexity index is 379. The van der Waals surface area contributed by atoms with Gasteiger partial charge in [-0.15, -0.1) is 0 Å². The van der Waals surface area contributed by atoms with E-state index in [1.54, 1.807) is 6.92 Å². The Hall–Kier alpha value is -1.26. The van der Waals surface area contributed by atoms with Gasteiger partial charge in [-0.2, -0.15) is 0 Å². The molecule has 108 valence electrons. The molecule has 0 aromatic heterocycles. The van der Waals surface area contributed by atoms with Crippen LogP contribution in [0.2, 0.25) is 0 Å². The Kier molecular flexibility index (Phi) is 3.74. The molecule has 1 atom stereocenters.